The van der Waals surface area contributed by atoms with Crippen LogP contribution in [-0.2, 0) is 9.59 Å². The third-order valence-electron chi connectivity index (χ3n) is 2.96. The second kappa shape index (κ2) is 7.53. The third kappa shape index (κ3) is 5.52. The zero-order valence-electron chi connectivity index (χ0n) is 11.0. The molecule has 0 saturated carbocycles. The Labute approximate surface area is 112 Å². The summed E-state index contributed by atoms with van der Waals surface area (Å²) in [5.41, 5.74) is 6.76. The van der Waals surface area contributed by atoms with Gasteiger partial charge in [-0.25, -0.2) is 0 Å². The molecule has 5 nitrogen and oxygen atoms in total. The zero-order valence-corrected chi connectivity index (χ0v) is 11.0. The van der Waals surface area contributed by atoms with Crippen LogP contribution >= 0.6 is 0 Å². The topological polar surface area (TPSA) is 92.4 Å². The standard InChI is InChI=1S/C14H20N2O3/c1-10(11-5-3-2-4-6-11)9-16-14(19)12(15)7-8-13(17)18/h2-6,10,12H,7-9,15H2,1H3,(H,16,19)(H,17,18). The maximum Gasteiger partial charge on any atom is 0.303 e. The fourth-order valence-electron chi connectivity index (χ4n) is 1.69. The highest BCUT2D eigenvalue weighted by Gasteiger charge is 2.15. The predicted octanol–water partition coefficient (Wildman–Crippen LogP) is 1.10. The van der Waals surface area contributed by atoms with Gasteiger partial charge in [-0.1, -0.05) is 37.3 Å². The minimum atomic E-state index is -0.944. The molecule has 0 bridgehead atoms. The minimum absolute atomic E-state index is 0.0944. The van der Waals surface area contributed by atoms with Crippen LogP contribution in [0.4, 0.5) is 0 Å². The highest BCUT2D eigenvalue weighted by atomic mass is 16.4. The van der Waals surface area contributed by atoms with Gasteiger partial charge in [-0.2, -0.15) is 0 Å². The molecular weight excluding hydrogens is 244 g/mol. The summed E-state index contributed by atoms with van der Waals surface area (Å²) >= 11 is 0. The number of nitrogens with two attached hydrogens (primary N) is 1. The third-order valence-corrected chi connectivity index (χ3v) is 2.96. The molecule has 2 atom stereocenters. The van der Waals surface area contributed by atoms with Crippen LogP contribution in [0.3, 0.4) is 0 Å². The van der Waals surface area contributed by atoms with Crippen LogP contribution in [0.15, 0.2) is 30.3 Å². The number of nitrogens with one attached hydrogen (secondary N) is 1. The van der Waals surface area contributed by atoms with Crippen LogP contribution in [0.25, 0.3) is 0 Å². The number of benzene rings is 1. The summed E-state index contributed by atoms with van der Waals surface area (Å²) < 4.78 is 0. The Kier molecular flexibility index (Phi) is 6.02. The SMILES string of the molecule is CC(CNC(=O)C(N)CCC(=O)O)c1ccccc1. The van der Waals surface area contributed by atoms with E-state index in [0.29, 0.717) is 6.54 Å². The van der Waals surface area contributed by atoms with Crippen molar-refractivity contribution in [3.63, 3.8) is 0 Å². The highest BCUT2D eigenvalue weighted by Crippen LogP contribution is 2.13. The molecule has 0 aliphatic carbocycles. The summed E-state index contributed by atoms with van der Waals surface area (Å²) in [5.74, 6) is -1.05. The van der Waals surface area contributed by atoms with Crippen molar-refractivity contribution in [2.45, 2.75) is 31.7 Å². The van der Waals surface area contributed by atoms with E-state index in [1.54, 1.807) is 0 Å². The van der Waals surface area contributed by atoms with E-state index >= 15 is 0 Å². The molecule has 0 aliphatic heterocycles. The number of aliphatic carboxylic acids is 1. The molecule has 104 valence electrons. The number of carboxylic acid groups (broad SMARTS) is 1. The van der Waals surface area contributed by atoms with Crippen molar-refractivity contribution >= 4 is 11.9 Å². The molecule has 0 fully saturated rings. The van der Waals surface area contributed by atoms with E-state index in [1.807, 2.05) is 37.3 Å². The summed E-state index contributed by atoms with van der Waals surface area (Å²) in [6.07, 6.45) is 0.0592. The van der Waals surface area contributed by atoms with Crippen molar-refractivity contribution < 1.29 is 14.7 Å². The van der Waals surface area contributed by atoms with Crippen LogP contribution in [0, 0.1) is 0 Å². The lowest BCUT2D eigenvalue weighted by atomic mass is 10.0. The van der Waals surface area contributed by atoms with Crippen LogP contribution in [-0.4, -0.2) is 29.6 Å². The number of carbonyl (C=O) groups is 2. The molecule has 1 aromatic rings. The van der Waals surface area contributed by atoms with Gasteiger partial charge in [-0.15, -0.1) is 0 Å². The summed E-state index contributed by atoms with van der Waals surface area (Å²) in [5, 5.41) is 11.3. The molecule has 0 spiro atoms. The van der Waals surface area contributed by atoms with Crippen molar-refractivity contribution in [2.24, 2.45) is 5.73 Å². The van der Waals surface area contributed by atoms with Gasteiger partial charge in [0.1, 0.15) is 0 Å². The number of hydrogen-bond donors (Lipinski definition) is 3. The van der Waals surface area contributed by atoms with E-state index in [9.17, 15) is 9.59 Å². The first-order chi connectivity index (χ1) is 9.00. The Morgan fingerprint density at radius 2 is 1.95 bits per heavy atom. The average Bonchev–Trinajstić information content (AvgIpc) is 2.42. The lowest BCUT2D eigenvalue weighted by Crippen LogP contribution is -2.42. The lowest BCUT2D eigenvalue weighted by molar-refractivity contribution is -0.137. The molecule has 0 aromatic heterocycles. The fraction of sp³-hybridized carbons (Fsp3) is 0.429. The van der Waals surface area contributed by atoms with Crippen LogP contribution in [0.1, 0.15) is 31.2 Å². The van der Waals surface area contributed by atoms with Gasteiger partial charge in [0.2, 0.25) is 5.91 Å². The number of carbonyl (C=O) groups excluding carboxylic acids is 1. The number of hydrogen-bond acceptors (Lipinski definition) is 3. The Morgan fingerprint density at radius 3 is 2.53 bits per heavy atom. The molecule has 0 saturated heterocycles. The van der Waals surface area contributed by atoms with Gasteiger partial charge in [0.25, 0.3) is 0 Å². The first-order valence-corrected chi connectivity index (χ1v) is 6.30. The van der Waals surface area contributed by atoms with Crippen LogP contribution in [0.5, 0.6) is 0 Å². The molecule has 0 radical (unpaired) electrons. The first kappa shape index (κ1) is 15.2. The molecule has 0 aliphatic rings. The molecule has 1 aromatic carbocycles. The van der Waals surface area contributed by atoms with E-state index in [-0.39, 0.29) is 24.7 Å². The van der Waals surface area contributed by atoms with E-state index in [1.165, 1.54) is 0 Å². The summed E-state index contributed by atoms with van der Waals surface area (Å²) in [6, 6.07) is 9.08. The van der Waals surface area contributed by atoms with Crippen LogP contribution in [0.2, 0.25) is 0 Å². The minimum Gasteiger partial charge on any atom is -0.481 e. The van der Waals surface area contributed by atoms with Crippen molar-refractivity contribution in [2.75, 3.05) is 6.54 Å². The summed E-state index contributed by atoms with van der Waals surface area (Å²) in [4.78, 5) is 22.1. The van der Waals surface area contributed by atoms with Gasteiger partial charge in [0, 0.05) is 13.0 Å². The maximum atomic E-state index is 11.7. The lowest BCUT2D eigenvalue weighted by Gasteiger charge is -2.15. The second-order valence-electron chi connectivity index (χ2n) is 4.60. The molecule has 19 heavy (non-hydrogen) atoms. The Balaban J connectivity index is 2.35. The number of rotatable bonds is 7. The Morgan fingerprint density at radius 1 is 1.32 bits per heavy atom. The molecular formula is C14H20N2O3. The maximum absolute atomic E-state index is 11.7. The van der Waals surface area contributed by atoms with Crippen molar-refractivity contribution in [1.82, 2.24) is 5.32 Å². The van der Waals surface area contributed by atoms with E-state index in [0.717, 1.165) is 5.56 Å². The molecule has 1 rings (SSSR count). The summed E-state index contributed by atoms with van der Waals surface area (Å²) in [7, 11) is 0. The average molecular weight is 264 g/mol. The number of carboxylic acids is 1. The normalized spacial score (nSPS) is 13.6. The quantitative estimate of drug-likeness (QED) is 0.687. The van der Waals surface area contributed by atoms with Gasteiger partial charge in [-0.3, -0.25) is 9.59 Å². The molecule has 0 heterocycles. The van der Waals surface area contributed by atoms with Crippen molar-refractivity contribution in [3.8, 4) is 0 Å². The largest absolute Gasteiger partial charge is 0.481 e. The fourth-order valence-corrected chi connectivity index (χ4v) is 1.69. The van der Waals surface area contributed by atoms with Gasteiger partial charge in [-0.05, 0) is 17.9 Å². The van der Waals surface area contributed by atoms with E-state index < -0.39 is 12.0 Å². The summed E-state index contributed by atoms with van der Waals surface area (Å²) in [6.45, 7) is 2.50. The first-order valence-electron chi connectivity index (χ1n) is 6.30. The van der Waals surface area contributed by atoms with E-state index in [4.69, 9.17) is 10.8 Å². The molecule has 1 amide bonds. The zero-order chi connectivity index (χ0) is 14.3. The monoisotopic (exact) mass is 264 g/mol. The smallest absolute Gasteiger partial charge is 0.303 e. The number of amides is 1. The Hall–Kier alpha value is -1.88. The van der Waals surface area contributed by atoms with Gasteiger partial charge >= 0.3 is 5.97 Å². The highest BCUT2D eigenvalue weighted by molar-refractivity contribution is 5.82. The molecule has 2 unspecified atom stereocenters. The Bertz CT molecular complexity index is 420. The second-order valence-corrected chi connectivity index (χ2v) is 4.60. The molecule has 5 heteroatoms. The van der Waals surface area contributed by atoms with Crippen LogP contribution < -0.4 is 11.1 Å². The molecule has 4 N–H and O–H groups in total. The van der Waals surface area contributed by atoms with Gasteiger partial charge in [0.05, 0.1) is 6.04 Å². The van der Waals surface area contributed by atoms with Crippen molar-refractivity contribution in [3.05, 3.63) is 35.9 Å². The van der Waals surface area contributed by atoms with E-state index in [2.05, 4.69) is 5.32 Å². The van der Waals surface area contributed by atoms with Gasteiger partial charge < -0.3 is 16.2 Å². The van der Waals surface area contributed by atoms with Crippen molar-refractivity contribution in [1.29, 1.82) is 0 Å². The predicted molar refractivity (Wildman–Crippen MR) is 72.7 cm³/mol. The van der Waals surface area contributed by atoms with Gasteiger partial charge in [0.15, 0.2) is 0 Å².